The molecule has 20 heavy (non-hydrogen) atoms. The molecular weight excluding hydrogens is 260 g/mol. The average molecular weight is 272 g/mol. The number of aromatic amines is 1. The quantitative estimate of drug-likeness (QED) is 0.866. The maximum Gasteiger partial charge on any atom is 0.255 e. The molecule has 1 amide bonds. The van der Waals surface area contributed by atoms with Crippen molar-refractivity contribution in [1.82, 2.24) is 4.98 Å². The summed E-state index contributed by atoms with van der Waals surface area (Å²) in [5.41, 5.74) is 0.558. The summed E-state index contributed by atoms with van der Waals surface area (Å²) in [7, 11) is 0. The van der Waals surface area contributed by atoms with Crippen molar-refractivity contribution >= 4 is 11.6 Å². The maximum absolute atomic E-state index is 12.0. The number of fused-ring (bicyclic) bond motifs is 1. The van der Waals surface area contributed by atoms with E-state index in [4.69, 9.17) is 9.47 Å². The highest BCUT2D eigenvalue weighted by molar-refractivity contribution is 6.04. The number of aromatic nitrogens is 1. The lowest BCUT2D eigenvalue weighted by atomic mass is 10.2. The second kappa shape index (κ2) is 5.08. The minimum absolute atomic E-state index is 0.295. The van der Waals surface area contributed by atoms with Crippen LogP contribution in [0.4, 0.5) is 5.69 Å². The molecule has 1 aliphatic rings. The first-order chi connectivity index (χ1) is 9.72. The molecule has 0 unspecified atom stereocenters. The summed E-state index contributed by atoms with van der Waals surface area (Å²) < 4.78 is 10.8. The summed E-state index contributed by atoms with van der Waals surface area (Å²) in [6.45, 7) is 1.00. The van der Waals surface area contributed by atoms with E-state index in [2.05, 4.69) is 10.3 Å². The lowest BCUT2D eigenvalue weighted by Crippen LogP contribution is -2.17. The number of H-pyrrole nitrogens is 1. The Hall–Kier alpha value is -2.76. The van der Waals surface area contributed by atoms with E-state index >= 15 is 0 Å². The largest absolute Gasteiger partial charge is 0.486 e. The third kappa shape index (κ3) is 2.49. The summed E-state index contributed by atoms with van der Waals surface area (Å²) in [5, 5.41) is 2.71. The molecule has 0 saturated carbocycles. The molecule has 0 bridgehead atoms. The van der Waals surface area contributed by atoms with Crippen LogP contribution in [-0.4, -0.2) is 24.1 Å². The van der Waals surface area contributed by atoms with Crippen molar-refractivity contribution in [2.24, 2.45) is 0 Å². The van der Waals surface area contributed by atoms with Crippen LogP contribution in [0.1, 0.15) is 10.4 Å². The Balaban J connectivity index is 1.81. The standard InChI is InChI=1S/C14H12N2O4/c17-13-7-9(3-4-15-13)14(18)16-10-1-2-11-12(8-10)20-6-5-19-11/h1-4,7-8H,5-6H2,(H,15,17)(H,16,18). The normalized spacial score (nSPS) is 12.8. The van der Waals surface area contributed by atoms with Gasteiger partial charge in [0.1, 0.15) is 13.2 Å². The number of amides is 1. The molecule has 6 heteroatoms. The Morgan fingerprint density at radius 1 is 1.10 bits per heavy atom. The zero-order valence-corrected chi connectivity index (χ0v) is 10.5. The van der Waals surface area contributed by atoms with E-state index in [1.165, 1.54) is 18.3 Å². The molecule has 1 aromatic carbocycles. The summed E-state index contributed by atoms with van der Waals surface area (Å²) >= 11 is 0. The molecule has 6 nitrogen and oxygen atoms in total. The van der Waals surface area contributed by atoms with Crippen LogP contribution in [0.3, 0.4) is 0 Å². The summed E-state index contributed by atoms with van der Waals surface area (Å²) in [6, 6.07) is 7.93. The van der Waals surface area contributed by atoms with Gasteiger partial charge in [-0.3, -0.25) is 9.59 Å². The Labute approximate surface area is 114 Å². The Morgan fingerprint density at radius 2 is 1.90 bits per heavy atom. The number of benzene rings is 1. The van der Waals surface area contributed by atoms with Gasteiger partial charge in [-0.15, -0.1) is 0 Å². The fourth-order valence-electron chi connectivity index (χ4n) is 1.91. The first kappa shape index (κ1) is 12.3. The molecule has 102 valence electrons. The molecule has 0 aliphatic carbocycles. The van der Waals surface area contributed by atoms with Crippen LogP contribution in [0.5, 0.6) is 11.5 Å². The Kier molecular flexibility index (Phi) is 3.12. The monoisotopic (exact) mass is 272 g/mol. The van der Waals surface area contributed by atoms with Gasteiger partial charge in [-0.1, -0.05) is 0 Å². The summed E-state index contributed by atoms with van der Waals surface area (Å²) in [6.07, 6.45) is 1.43. The molecule has 0 spiro atoms. The first-order valence-electron chi connectivity index (χ1n) is 6.12. The number of rotatable bonds is 2. The SMILES string of the molecule is O=C(Nc1ccc2c(c1)OCCO2)c1cc[nH]c(=O)c1. The van der Waals surface area contributed by atoms with Crippen molar-refractivity contribution in [3.05, 3.63) is 52.4 Å². The zero-order chi connectivity index (χ0) is 13.9. The molecule has 0 fully saturated rings. The lowest BCUT2D eigenvalue weighted by molar-refractivity contribution is 0.102. The predicted octanol–water partition coefficient (Wildman–Crippen LogP) is 1.40. The number of hydrogen-bond acceptors (Lipinski definition) is 4. The van der Waals surface area contributed by atoms with Gasteiger partial charge in [0.05, 0.1) is 0 Å². The van der Waals surface area contributed by atoms with Crippen LogP contribution < -0.4 is 20.3 Å². The van der Waals surface area contributed by atoms with Crippen molar-refractivity contribution < 1.29 is 14.3 Å². The van der Waals surface area contributed by atoms with E-state index in [1.807, 2.05) is 0 Å². The van der Waals surface area contributed by atoms with Gasteiger partial charge in [0.25, 0.3) is 5.91 Å². The minimum Gasteiger partial charge on any atom is -0.486 e. The molecule has 0 atom stereocenters. The van der Waals surface area contributed by atoms with E-state index in [0.29, 0.717) is 36.0 Å². The molecule has 2 aromatic rings. The van der Waals surface area contributed by atoms with Gasteiger partial charge >= 0.3 is 0 Å². The van der Waals surface area contributed by atoms with E-state index in [0.717, 1.165) is 0 Å². The highest BCUT2D eigenvalue weighted by atomic mass is 16.6. The van der Waals surface area contributed by atoms with Gasteiger partial charge in [0.15, 0.2) is 11.5 Å². The van der Waals surface area contributed by atoms with Gasteiger partial charge in [-0.25, -0.2) is 0 Å². The smallest absolute Gasteiger partial charge is 0.255 e. The van der Waals surface area contributed by atoms with E-state index < -0.39 is 0 Å². The van der Waals surface area contributed by atoms with Crippen molar-refractivity contribution in [3.63, 3.8) is 0 Å². The summed E-state index contributed by atoms with van der Waals surface area (Å²) in [5.74, 6) is 0.901. The molecule has 3 rings (SSSR count). The van der Waals surface area contributed by atoms with Crippen LogP contribution in [0, 0.1) is 0 Å². The second-order valence-electron chi connectivity index (χ2n) is 4.25. The maximum atomic E-state index is 12.0. The number of nitrogens with one attached hydrogen (secondary N) is 2. The second-order valence-corrected chi connectivity index (χ2v) is 4.25. The molecule has 1 aromatic heterocycles. The zero-order valence-electron chi connectivity index (χ0n) is 10.5. The highest BCUT2D eigenvalue weighted by Gasteiger charge is 2.13. The Bertz CT molecular complexity index is 708. The molecule has 0 saturated heterocycles. The lowest BCUT2D eigenvalue weighted by Gasteiger charge is -2.19. The third-order valence-electron chi connectivity index (χ3n) is 2.84. The third-order valence-corrected chi connectivity index (χ3v) is 2.84. The van der Waals surface area contributed by atoms with Gasteiger partial charge < -0.3 is 19.8 Å². The first-order valence-corrected chi connectivity index (χ1v) is 6.12. The highest BCUT2D eigenvalue weighted by Crippen LogP contribution is 2.32. The van der Waals surface area contributed by atoms with Gasteiger partial charge in [0, 0.05) is 29.6 Å². The van der Waals surface area contributed by atoms with Gasteiger partial charge in [-0.2, -0.15) is 0 Å². The predicted molar refractivity (Wildman–Crippen MR) is 72.4 cm³/mol. The molecule has 2 heterocycles. The molecule has 2 N–H and O–H groups in total. The average Bonchev–Trinajstić information content (AvgIpc) is 2.47. The van der Waals surface area contributed by atoms with Crippen molar-refractivity contribution in [2.75, 3.05) is 18.5 Å². The molecule has 0 radical (unpaired) electrons. The number of anilines is 1. The van der Waals surface area contributed by atoms with E-state index in [-0.39, 0.29) is 11.5 Å². The number of hydrogen-bond donors (Lipinski definition) is 2. The number of carbonyl (C=O) groups is 1. The fraction of sp³-hybridized carbons (Fsp3) is 0.143. The van der Waals surface area contributed by atoms with Crippen LogP contribution in [0.2, 0.25) is 0 Å². The molecular formula is C14H12N2O4. The number of pyridine rings is 1. The van der Waals surface area contributed by atoms with Crippen LogP contribution in [0.15, 0.2) is 41.3 Å². The van der Waals surface area contributed by atoms with Gasteiger partial charge in [0.2, 0.25) is 5.56 Å². The minimum atomic E-state index is -0.354. The van der Waals surface area contributed by atoms with Gasteiger partial charge in [-0.05, 0) is 18.2 Å². The van der Waals surface area contributed by atoms with Crippen LogP contribution in [0.25, 0.3) is 0 Å². The van der Waals surface area contributed by atoms with E-state index in [1.54, 1.807) is 18.2 Å². The molecule has 1 aliphatic heterocycles. The van der Waals surface area contributed by atoms with Crippen LogP contribution in [-0.2, 0) is 0 Å². The van der Waals surface area contributed by atoms with Crippen molar-refractivity contribution in [1.29, 1.82) is 0 Å². The van der Waals surface area contributed by atoms with E-state index in [9.17, 15) is 9.59 Å². The van der Waals surface area contributed by atoms with Crippen molar-refractivity contribution in [3.8, 4) is 11.5 Å². The number of ether oxygens (including phenoxy) is 2. The number of carbonyl (C=O) groups excluding carboxylic acids is 1. The fourth-order valence-corrected chi connectivity index (χ4v) is 1.91. The van der Waals surface area contributed by atoms with Crippen molar-refractivity contribution in [2.45, 2.75) is 0 Å². The Morgan fingerprint density at radius 3 is 2.70 bits per heavy atom. The summed E-state index contributed by atoms with van der Waals surface area (Å²) in [4.78, 5) is 25.6. The van der Waals surface area contributed by atoms with Crippen LogP contribution >= 0.6 is 0 Å². The topological polar surface area (TPSA) is 80.4 Å².